The smallest absolute Gasteiger partial charge is 0.432 e. The fraction of sp³-hybridized carbons (Fsp3) is 0.579. The summed E-state index contributed by atoms with van der Waals surface area (Å²) in [4.78, 5) is 32.1. The molecule has 0 fully saturated rings. The van der Waals surface area contributed by atoms with Gasteiger partial charge in [-0.15, -0.1) is 0 Å². The second kappa shape index (κ2) is 11.0. The molecule has 0 N–H and O–H groups in total. The summed E-state index contributed by atoms with van der Waals surface area (Å²) in [6.45, 7) is 11.1. The first-order chi connectivity index (χ1) is 12.3. The summed E-state index contributed by atoms with van der Waals surface area (Å²) in [5.41, 5.74) is 0.314. The number of carbonyl (C=O) groups is 2. The minimum Gasteiger partial charge on any atom is -0.432 e. The lowest BCUT2D eigenvalue weighted by atomic mass is 10.0. The van der Waals surface area contributed by atoms with Crippen molar-refractivity contribution in [2.45, 2.75) is 59.2 Å². The standard InChI is InChI=1S/C19H30O6Si/c1-6-8-9-15(7-2)14-22-19(21)24-25-23-18(20)16-10-12-17(13-11-16)26(3,4)5/h10-13,15H,6-9,14H2,1-5H3. The van der Waals surface area contributed by atoms with Gasteiger partial charge in [-0.2, -0.15) is 0 Å². The molecule has 1 unspecified atom stereocenters. The first-order valence-electron chi connectivity index (χ1n) is 9.10. The number of rotatable bonds is 10. The van der Waals surface area contributed by atoms with E-state index in [1.807, 2.05) is 19.1 Å². The van der Waals surface area contributed by atoms with Crippen LogP contribution in [0, 0.1) is 5.92 Å². The van der Waals surface area contributed by atoms with Crippen LogP contribution in [-0.4, -0.2) is 26.8 Å². The van der Waals surface area contributed by atoms with Crippen LogP contribution >= 0.6 is 0 Å². The second-order valence-corrected chi connectivity index (χ2v) is 12.4. The number of hydrogen-bond donors (Lipinski definition) is 0. The highest BCUT2D eigenvalue weighted by Crippen LogP contribution is 2.13. The maximum absolute atomic E-state index is 11.8. The van der Waals surface area contributed by atoms with Gasteiger partial charge in [0.1, 0.15) is 0 Å². The average Bonchev–Trinajstić information content (AvgIpc) is 2.61. The van der Waals surface area contributed by atoms with Gasteiger partial charge < -0.3 is 4.74 Å². The lowest BCUT2D eigenvalue weighted by Gasteiger charge is -2.16. The molecule has 0 aliphatic carbocycles. The van der Waals surface area contributed by atoms with Crippen LogP contribution in [0.5, 0.6) is 0 Å². The molecule has 146 valence electrons. The van der Waals surface area contributed by atoms with Crippen LogP contribution in [-0.2, 0) is 19.6 Å². The van der Waals surface area contributed by atoms with Gasteiger partial charge in [0.15, 0.2) is 0 Å². The lowest BCUT2D eigenvalue weighted by molar-refractivity contribution is -0.452. The molecule has 0 bridgehead atoms. The van der Waals surface area contributed by atoms with E-state index in [4.69, 9.17) is 4.74 Å². The van der Waals surface area contributed by atoms with E-state index in [1.165, 1.54) is 5.19 Å². The van der Waals surface area contributed by atoms with Crippen LogP contribution in [0.4, 0.5) is 4.79 Å². The van der Waals surface area contributed by atoms with Crippen LogP contribution in [0.1, 0.15) is 49.9 Å². The van der Waals surface area contributed by atoms with Crippen LogP contribution in [0.15, 0.2) is 24.3 Å². The molecular formula is C19H30O6Si. The Morgan fingerprint density at radius 3 is 2.23 bits per heavy atom. The van der Waals surface area contributed by atoms with E-state index in [2.05, 4.69) is 41.4 Å². The van der Waals surface area contributed by atoms with E-state index in [0.717, 1.165) is 25.7 Å². The van der Waals surface area contributed by atoms with Crippen molar-refractivity contribution in [1.82, 2.24) is 0 Å². The summed E-state index contributed by atoms with van der Waals surface area (Å²) in [5, 5.41) is 5.47. The zero-order valence-corrected chi connectivity index (χ0v) is 17.4. The van der Waals surface area contributed by atoms with E-state index in [1.54, 1.807) is 12.1 Å². The maximum atomic E-state index is 11.8. The number of carbonyl (C=O) groups excluding carboxylic acids is 2. The Balaban J connectivity index is 2.33. The molecule has 0 saturated heterocycles. The van der Waals surface area contributed by atoms with E-state index < -0.39 is 20.2 Å². The molecule has 7 heteroatoms. The van der Waals surface area contributed by atoms with Crippen molar-refractivity contribution in [1.29, 1.82) is 0 Å². The lowest BCUT2D eigenvalue weighted by Crippen LogP contribution is -2.37. The molecule has 1 atom stereocenters. The molecule has 1 aromatic rings. The van der Waals surface area contributed by atoms with Crippen LogP contribution in [0.3, 0.4) is 0 Å². The summed E-state index contributed by atoms with van der Waals surface area (Å²) >= 11 is 0. The molecule has 0 aromatic heterocycles. The van der Waals surface area contributed by atoms with E-state index in [-0.39, 0.29) is 12.5 Å². The van der Waals surface area contributed by atoms with Crippen molar-refractivity contribution in [3.8, 4) is 0 Å². The monoisotopic (exact) mass is 382 g/mol. The Bertz CT molecular complexity index is 564. The minimum absolute atomic E-state index is 0.255. The molecule has 0 heterocycles. The van der Waals surface area contributed by atoms with Crippen molar-refractivity contribution in [3.05, 3.63) is 29.8 Å². The molecule has 0 radical (unpaired) electrons. The van der Waals surface area contributed by atoms with Gasteiger partial charge in [0.25, 0.3) is 0 Å². The molecule has 0 aliphatic rings. The Hall–Kier alpha value is -1.86. The SMILES string of the molecule is CCCCC(CC)COC(=O)OOOC(=O)c1ccc([Si](C)(C)C)cc1. The van der Waals surface area contributed by atoms with Gasteiger partial charge in [0, 0.05) is 0 Å². The molecule has 1 rings (SSSR count). The summed E-state index contributed by atoms with van der Waals surface area (Å²) < 4.78 is 4.96. The van der Waals surface area contributed by atoms with Crippen molar-refractivity contribution in [2.24, 2.45) is 5.92 Å². The predicted octanol–water partition coefficient (Wildman–Crippen LogP) is 4.60. The zero-order chi connectivity index (χ0) is 19.6. The topological polar surface area (TPSA) is 71.1 Å². The molecule has 0 amide bonds. The van der Waals surface area contributed by atoms with Gasteiger partial charge in [-0.25, -0.2) is 14.5 Å². The zero-order valence-electron chi connectivity index (χ0n) is 16.4. The van der Waals surface area contributed by atoms with Gasteiger partial charge in [0.2, 0.25) is 0 Å². The van der Waals surface area contributed by atoms with Gasteiger partial charge in [-0.05, 0) is 24.5 Å². The van der Waals surface area contributed by atoms with E-state index in [9.17, 15) is 9.59 Å². The molecule has 26 heavy (non-hydrogen) atoms. The van der Waals surface area contributed by atoms with E-state index >= 15 is 0 Å². The third kappa shape index (κ3) is 8.01. The molecular weight excluding hydrogens is 352 g/mol. The fourth-order valence-electron chi connectivity index (χ4n) is 2.34. The minimum atomic E-state index is -1.43. The van der Waals surface area contributed by atoms with Crippen molar-refractivity contribution >= 4 is 25.4 Å². The normalized spacial score (nSPS) is 12.3. The summed E-state index contributed by atoms with van der Waals surface area (Å²) in [6, 6.07) is 7.13. The summed E-state index contributed by atoms with van der Waals surface area (Å²) in [6.07, 6.45) is 3.06. The third-order valence-corrected chi connectivity index (χ3v) is 6.24. The first kappa shape index (κ1) is 22.2. The molecule has 1 aromatic carbocycles. The average molecular weight is 383 g/mol. The number of benzene rings is 1. The second-order valence-electron chi connectivity index (χ2n) is 7.33. The van der Waals surface area contributed by atoms with Crippen LogP contribution in [0.2, 0.25) is 19.6 Å². The highest BCUT2D eigenvalue weighted by atomic mass is 28.3. The third-order valence-electron chi connectivity index (χ3n) is 4.18. The van der Waals surface area contributed by atoms with Crippen LogP contribution < -0.4 is 5.19 Å². The largest absolute Gasteiger partial charge is 0.543 e. The Labute approximate surface area is 156 Å². The highest BCUT2D eigenvalue weighted by Gasteiger charge is 2.18. The van der Waals surface area contributed by atoms with E-state index in [0.29, 0.717) is 5.56 Å². The molecule has 0 aliphatic heterocycles. The predicted molar refractivity (Wildman–Crippen MR) is 102 cm³/mol. The molecule has 6 nitrogen and oxygen atoms in total. The molecule has 0 spiro atoms. The molecule has 0 saturated carbocycles. The Kier molecular flexibility index (Phi) is 9.36. The summed E-state index contributed by atoms with van der Waals surface area (Å²) in [5.74, 6) is -0.454. The van der Waals surface area contributed by atoms with Crippen molar-refractivity contribution in [3.63, 3.8) is 0 Å². The van der Waals surface area contributed by atoms with Crippen LogP contribution in [0.25, 0.3) is 0 Å². The first-order valence-corrected chi connectivity index (χ1v) is 12.6. The van der Waals surface area contributed by atoms with Gasteiger partial charge in [-0.3, -0.25) is 4.89 Å². The number of unbranched alkanes of at least 4 members (excludes halogenated alkanes) is 1. The van der Waals surface area contributed by atoms with Gasteiger partial charge in [0.05, 0.1) is 25.3 Å². The van der Waals surface area contributed by atoms with Gasteiger partial charge >= 0.3 is 12.1 Å². The quantitative estimate of drug-likeness (QED) is 0.255. The number of hydrogen-bond acceptors (Lipinski definition) is 6. The Morgan fingerprint density at radius 2 is 1.69 bits per heavy atom. The highest BCUT2D eigenvalue weighted by molar-refractivity contribution is 6.88. The summed E-state index contributed by atoms with van der Waals surface area (Å²) in [7, 11) is -1.43. The Morgan fingerprint density at radius 1 is 1.04 bits per heavy atom. The van der Waals surface area contributed by atoms with Crippen molar-refractivity contribution < 1.29 is 29.1 Å². The maximum Gasteiger partial charge on any atom is 0.543 e. The fourth-order valence-corrected chi connectivity index (χ4v) is 3.50. The number of ether oxygens (including phenoxy) is 1. The van der Waals surface area contributed by atoms with Crippen molar-refractivity contribution in [2.75, 3.05) is 6.61 Å². The van der Waals surface area contributed by atoms with Gasteiger partial charge in [-0.1, -0.05) is 70.1 Å².